The Morgan fingerprint density at radius 1 is 1.32 bits per heavy atom. The molecule has 1 aromatic rings. The van der Waals surface area contributed by atoms with E-state index in [1.54, 1.807) is 12.1 Å². The number of carbonyl (C=O) groups is 2. The predicted molar refractivity (Wildman–Crippen MR) is 85.4 cm³/mol. The highest BCUT2D eigenvalue weighted by atomic mass is 35.5. The first-order valence-corrected chi connectivity index (χ1v) is 7.59. The molecule has 0 bridgehead atoms. The van der Waals surface area contributed by atoms with E-state index < -0.39 is 17.9 Å². The second kappa shape index (κ2) is 8.86. The number of carbonyl (C=O) groups excluding carboxylic acids is 2. The van der Waals surface area contributed by atoms with E-state index in [1.165, 1.54) is 13.2 Å². The molecule has 5 nitrogen and oxygen atoms in total. The zero-order valence-corrected chi connectivity index (χ0v) is 14.2. The maximum Gasteiger partial charge on any atom is 0.328 e. The summed E-state index contributed by atoms with van der Waals surface area (Å²) in [6.45, 7) is 3.53. The Morgan fingerprint density at radius 2 is 2.00 bits per heavy atom. The normalized spacial score (nSPS) is 13.1. The van der Waals surface area contributed by atoms with Crippen molar-refractivity contribution in [2.75, 3.05) is 13.7 Å². The van der Waals surface area contributed by atoms with Gasteiger partial charge in [-0.05, 0) is 24.1 Å². The van der Waals surface area contributed by atoms with Gasteiger partial charge in [-0.3, -0.25) is 4.79 Å². The molecule has 122 valence electrons. The van der Waals surface area contributed by atoms with Crippen molar-refractivity contribution in [2.45, 2.75) is 26.3 Å². The van der Waals surface area contributed by atoms with Crippen LogP contribution in [-0.2, 0) is 14.3 Å². The molecule has 2 atom stereocenters. The molecule has 1 N–H and O–H groups in total. The molecule has 0 saturated heterocycles. The van der Waals surface area contributed by atoms with Gasteiger partial charge in [0.15, 0.2) is 6.61 Å². The van der Waals surface area contributed by atoms with Crippen LogP contribution < -0.4 is 10.1 Å². The molecular formula is C15H19Cl2NO4. The van der Waals surface area contributed by atoms with Crippen LogP contribution in [-0.4, -0.2) is 31.6 Å². The summed E-state index contributed by atoms with van der Waals surface area (Å²) in [5, 5.41) is 3.40. The van der Waals surface area contributed by atoms with Gasteiger partial charge in [0.25, 0.3) is 5.91 Å². The van der Waals surface area contributed by atoms with Crippen molar-refractivity contribution in [1.29, 1.82) is 0 Å². The first-order chi connectivity index (χ1) is 10.4. The predicted octanol–water partition coefficient (Wildman–Crippen LogP) is 3.08. The Morgan fingerprint density at radius 3 is 2.55 bits per heavy atom. The van der Waals surface area contributed by atoms with Crippen molar-refractivity contribution >= 4 is 35.1 Å². The lowest BCUT2D eigenvalue weighted by atomic mass is 9.99. The highest BCUT2D eigenvalue weighted by Gasteiger charge is 2.26. The SMILES string of the molecule is CC[C@H](C)[C@H](NC(=O)COc1ccc(Cl)cc1Cl)C(=O)OC. The van der Waals surface area contributed by atoms with Crippen molar-refractivity contribution in [3.05, 3.63) is 28.2 Å². The number of rotatable bonds is 7. The molecule has 0 heterocycles. The summed E-state index contributed by atoms with van der Waals surface area (Å²) in [6.07, 6.45) is 0.726. The smallest absolute Gasteiger partial charge is 0.328 e. The third-order valence-electron chi connectivity index (χ3n) is 3.24. The first-order valence-electron chi connectivity index (χ1n) is 6.84. The van der Waals surface area contributed by atoms with E-state index in [9.17, 15) is 9.59 Å². The van der Waals surface area contributed by atoms with Crippen molar-refractivity contribution in [1.82, 2.24) is 5.32 Å². The molecule has 0 saturated carbocycles. The number of halogens is 2. The molecule has 0 radical (unpaired) electrons. The van der Waals surface area contributed by atoms with Crippen LogP contribution in [0.2, 0.25) is 10.0 Å². The molecule has 7 heteroatoms. The number of esters is 1. The van der Waals surface area contributed by atoms with Crippen LogP contribution in [0.25, 0.3) is 0 Å². The fraction of sp³-hybridized carbons (Fsp3) is 0.467. The van der Waals surface area contributed by atoms with Crippen molar-refractivity contribution in [3.8, 4) is 5.75 Å². The van der Waals surface area contributed by atoms with Gasteiger partial charge < -0.3 is 14.8 Å². The molecule has 0 aliphatic carbocycles. The maximum atomic E-state index is 11.9. The van der Waals surface area contributed by atoms with Crippen LogP contribution in [0.15, 0.2) is 18.2 Å². The van der Waals surface area contributed by atoms with Crippen molar-refractivity contribution in [2.24, 2.45) is 5.92 Å². The van der Waals surface area contributed by atoms with Crippen molar-refractivity contribution < 1.29 is 19.1 Å². The number of nitrogens with one attached hydrogen (secondary N) is 1. The van der Waals surface area contributed by atoms with E-state index in [2.05, 4.69) is 5.32 Å². The van der Waals surface area contributed by atoms with E-state index >= 15 is 0 Å². The average molecular weight is 348 g/mol. The van der Waals surface area contributed by atoms with Crippen LogP contribution in [0.1, 0.15) is 20.3 Å². The van der Waals surface area contributed by atoms with Gasteiger partial charge in [-0.1, -0.05) is 43.5 Å². The Hall–Kier alpha value is -1.46. The fourth-order valence-electron chi connectivity index (χ4n) is 1.75. The molecule has 1 rings (SSSR count). The summed E-state index contributed by atoms with van der Waals surface area (Å²) >= 11 is 11.7. The van der Waals surface area contributed by atoms with Gasteiger partial charge in [0.05, 0.1) is 12.1 Å². The molecule has 0 spiro atoms. The summed E-state index contributed by atoms with van der Waals surface area (Å²) < 4.78 is 10.0. The first kappa shape index (κ1) is 18.6. The lowest BCUT2D eigenvalue weighted by Gasteiger charge is -2.21. The molecule has 0 fully saturated rings. The van der Waals surface area contributed by atoms with Crippen LogP contribution in [0, 0.1) is 5.92 Å². The Bertz CT molecular complexity index is 536. The van der Waals surface area contributed by atoms with E-state index in [0.29, 0.717) is 15.8 Å². The second-order valence-corrected chi connectivity index (χ2v) is 5.66. The van der Waals surface area contributed by atoms with E-state index in [0.717, 1.165) is 6.42 Å². The minimum Gasteiger partial charge on any atom is -0.482 e. The van der Waals surface area contributed by atoms with Crippen LogP contribution in [0.5, 0.6) is 5.75 Å². The van der Waals surface area contributed by atoms with Gasteiger partial charge >= 0.3 is 5.97 Å². The summed E-state index contributed by atoms with van der Waals surface area (Å²) in [6, 6.07) is 4.00. The molecule has 0 unspecified atom stereocenters. The number of ether oxygens (including phenoxy) is 2. The van der Waals surface area contributed by atoms with Gasteiger partial charge in [-0.15, -0.1) is 0 Å². The van der Waals surface area contributed by atoms with Gasteiger partial charge in [-0.25, -0.2) is 4.79 Å². The molecule has 1 amide bonds. The van der Waals surface area contributed by atoms with E-state index in [-0.39, 0.29) is 12.5 Å². The van der Waals surface area contributed by atoms with Crippen LogP contribution in [0.4, 0.5) is 0 Å². The lowest BCUT2D eigenvalue weighted by Crippen LogP contribution is -2.47. The average Bonchev–Trinajstić information content (AvgIpc) is 2.50. The van der Waals surface area contributed by atoms with Gasteiger partial charge in [0, 0.05) is 5.02 Å². The second-order valence-electron chi connectivity index (χ2n) is 4.82. The summed E-state index contributed by atoms with van der Waals surface area (Å²) in [7, 11) is 1.29. The van der Waals surface area contributed by atoms with E-state index in [1.807, 2.05) is 13.8 Å². The zero-order valence-electron chi connectivity index (χ0n) is 12.7. The summed E-state index contributed by atoms with van der Waals surface area (Å²) in [4.78, 5) is 23.6. The molecule has 0 aliphatic rings. The zero-order chi connectivity index (χ0) is 16.7. The van der Waals surface area contributed by atoms with Gasteiger partial charge in [-0.2, -0.15) is 0 Å². The fourth-order valence-corrected chi connectivity index (χ4v) is 2.21. The monoisotopic (exact) mass is 347 g/mol. The number of methoxy groups -OCH3 is 1. The number of hydrogen-bond donors (Lipinski definition) is 1. The Labute approximate surface area is 139 Å². The molecule has 22 heavy (non-hydrogen) atoms. The topological polar surface area (TPSA) is 64.6 Å². The van der Waals surface area contributed by atoms with Gasteiger partial charge in [0.2, 0.25) is 0 Å². The van der Waals surface area contributed by atoms with Crippen molar-refractivity contribution in [3.63, 3.8) is 0 Å². The lowest BCUT2D eigenvalue weighted by molar-refractivity contribution is -0.146. The molecule has 0 aliphatic heterocycles. The standard InChI is InChI=1S/C15H19Cl2NO4/c1-4-9(2)14(15(20)21-3)18-13(19)8-22-12-6-5-10(16)7-11(12)17/h5-7,9,14H,4,8H2,1-3H3,(H,18,19)/t9-,14-/m0/s1. The van der Waals surface area contributed by atoms with E-state index in [4.69, 9.17) is 32.7 Å². The van der Waals surface area contributed by atoms with Crippen LogP contribution in [0.3, 0.4) is 0 Å². The Kier molecular flexibility index (Phi) is 7.48. The van der Waals surface area contributed by atoms with Gasteiger partial charge in [0.1, 0.15) is 11.8 Å². The third kappa shape index (κ3) is 5.39. The Balaban J connectivity index is 2.62. The quantitative estimate of drug-likeness (QED) is 0.769. The number of hydrogen-bond acceptors (Lipinski definition) is 4. The minimum absolute atomic E-state index is 0.0458. The summed E-state index contributed by atoms with van der Waals surface area (Å²) in [5.74, 6) is -0.608. The minimum atomic E-state index is -0.702. The summed E-state index contributed by atoms with van der Waals surface area (Å²) in [5.41, 5.74) is 0. The molecule has 1 aromatic carbocycles. The highest BCUT2D eigenvalue weighted by Crippen LogP contribution is 2.27. The molecule has 0 aromatic heterocycles. The number of benzene rings is 1. The number of amides is 1. The maximum absolute atomic E-state index is 11.9. The molecular weight excluding hydrogens is 329 g/mol. The largest absolute Gasteiger partial charge is 0.482 e. The highest BCUT2D eigenvalue weighted by molar-refractivity contribution is 6.35. The third-order valence-corrected chi connectivity index (χ3v) is 3.77. The van der Waals surface area contributed by atoms with Crippen LogP contribution >= 0.6 is 23.2 Å².